The zero-order valence-electron chi connectivity index (χ0n) is 17.5. The van der Waals surface area contributed by atoms with Crippen LogP contribution in [0.4, 0.5) is 14.5 Å². The minimum absolute atomic E-state index is 0.0142. The minimum atomic E-state index is -1.12. The van der Waals surface area contributed by atoms with E-state index in [4.69, 9.17) is 0 Å². The van der Waals surface area contributed by atoms with Gasteiger partial charge in [0.15, 0.2) is 0 Å². The van der Waals surface area contributed by atoms with Gasteiger partial charge in [-0.2, -0.15) is 0 Å². The summed E-state index contributed by atoms with van der Waals surface area (Å²) in [6.45, 7) is 0. The topological polar surface area (TPSA) is 49.4 Å². The average Bonchev–Trinajstić information content (AvgIpc) is 3.48. The number of anilines is 1. The number of para-hydroxylation sites is 1. The Kier molecular flexibility index (Phi) is 6.95. The van der Waals surface area contributed by atoms with Gasteiger partial charge in [0.25, 0.3) is 0 Å². The molecule has 4 rings (SSSR count). The van der Waals surface area contributed by atoms with Gasteiger partial charge in [-0.05, 0) is 54.1 Å². The van der Waals surface area contributed by atoms with E-state index in [-0.39, 0.29) is 18.2 Å². The molecule has 1 aliphatic rings. The first-order chi connectivity index (χ1) is 15.5. The zero-order valence-corrected chi connectivity index (χ0v) is 18.3. The molecule has 0 radical (unpaired) electrons. The fourth-order valence-electron chi connectivity index (χ4n) is 4.12. The highest BCUT2D eigenvalue weighted by molar-refractivity contribution is 7.10. The standard InChI is InChI=1S/C25H24F2N2O2S/c26-18-13-11-17(12-14-18)24(25(31)28-19-6-1-2-7-19)29(22-10-4-3-9-21(22)27)23(30)16-20-8-5-15-32-20/h3-5,8-15,19,24H,1-2,6-7,16H2,(H,28,31). The Bertz CT molecular complexity index is 1060. The number of carbonyl (C=O) groups excluding carboxylic acids is 2. The van der Waals surface area contributed by atoms with Crippen LogP contribution in [-0.2, 0) is 16.0 Å². The molecule has 0 spiro atoms. The van der Waals surface area contributed by atoms with E-state index in [0.29, 0.717) is 5.56 Å². The Morgan fingerprint density at radius 2 is 1.72 bits per heavy atom. The van der Waals surface area contributed by atoms with Gasteiger partial charge in [0.1, 0.15) is 17.7 Å². The van der Waals surface area contributed by atoms with Crippen molar-refractivity contribution in [1.29, 1.82) is 0 Å². The van der Waals surface area contributed by atoms with E-state index in [1.54, 1.807) is 6.07 Å². The number of carbonyl (C=O) groups is 2. The second-order valence-corrected chi connectivity index (χ2v) is 8.95. The third-order valence-electron chi connectivity index (χ3n) is 5.68. The van der Waals surface area contributed by atoms with Gasteiger partial charge in [-0.15, -0.1) is 11.3 Å². The molecule has 1 fully saturated rings. The van der Waals surface area contributed by atoms with E-state index in [1.807, 2.05) is 17.5 Å². The number of amides is 2. The summed E-state index contributed by atoms with van der Waals surface area (Å²) in [6.07, 6.45) is 3.82. The fourth-order valence-corrected chi connectivity index (χ4v) is 4.82. The third-order valence-corrected chi connectivity index (χ3v) is 6.56. The van der Waals surface area contributed by atoms with Gasteiger partial charge in [0.05, 0.1) is 12.1 Å². The third kappa shape index (κ3) is 5.05. The van der Waals surface area contributed by atoms with Crippen molar-refractivity contribution >= 4 is 28.8 Å². The van der Waals surface area contributed by atoms with Crippen LogP contribution in [0.2, 0.25) is 0 Å². The number of nitrogens with one attached hydrogen (secondary N) is 1. The van der Waals surface area contributed by atoms with Crippen molar-refractivity contribution in [2.45, 2.75) is 44.2 Å². The van der Waals surface area contributed by atoms with E-state index in [1.165, 1.54) is 58.7 Å². The summed E-state index contributed by atoms with van der Waals surface area (Å²) in [7, 11) is 0. The molecular weight excluding hydrogens is 430 g/mol. The van der Waals surface area contributed by atoms with E-state index in [0.717, 1.165) is 30.6 Å². The lowest BCUT2D eigenvalue weighted by atomic mass is 10.0. The number of rotatable bonds is 7. The summed E-state index contributed by atoms with van der Waals surface area (Å²) in [5.74, 6) is -1.86. The molecule has 1 heterocycles. The first kappa shape index (κ1) is 22.1. The van der Waals surface area contributed by atoms with Gasteiger partial charge in [-0.1, -0.05) is 43.2 Å². The maximum absolute atomic E-state index is 14.9. The van der Waals surface area contributed by atoms with Crippen molar-refractivity contribution < 1.29 is 18.4 Å². The van der Waals surface area contributed by atoms with Crippen LogP contribution in [0.3, 0.4) is 0 Å². The molecule has 1 aliphatic carbocycles. The van der Waals surface area contributed by atoms with Gasteiger partial charge in [-0.3, -0.25) is 14.5 Å². The first-order valence-electron chi connectivity index (χ1n) is 10.7. The molecule has 1 aromatic heterocycles. The Hall–Kier alpha value is -3.06. The van der Waals surface area contributed by atoms with Crippen LogP contribution in [0.25, 0.3) is 0 Å². The van der Waals surface area contributed by atoms with Crippen LogP contribution in [-0.4, -0.2) is 17.9 Å². The van der Waals surface area contributed by atoms with Crippen molar-refractivity contribution in [3.05, 3.63) is 88.1 Å². The normalized spacial score (nSPS) is 14.8. The Morgan fingerprint density at radius 3 is 2.38 bits per heavy atom. The lowest BCUT2D eigenvalue weighted by Gasteiger charge is -2.32. The number of hydrogen-bond donors (Lipinski definition) is 1. The lowest BCUT2D eigenvalue weighted by molar-refractivity contribution is -0.127. The van der Waals surface area contributed by atoms with E-state index in [2.05, 4.69) is 5.32 Å². The molecule has 7 heteroatoms. The lowest BCUT2D eigenvalue weighted by Crippen LogP contribution is -2.47. The monoisotopic (exact) mass is 454 g/mol. The number of hydrogen-bond acceptors (Lipinski definition) is 3. The molecule has 2 aromatic carbocycles. The van der Waals surface area contributed by atoms with E-state index < -0.39 is 29.5 Å². The van der Waals surface area contributed by atoms with Gasteiger partial charge in [0.2, 0.25) is 11.8 Å². The highest BCUT2D eigenvalue weighted by Crippen LogP contribution is 2.32. The van der Waals surface area contributed by atoms with Crippen molar-refractivity contribution in [2.24, 2.45) is 0 Å². The van der Waals surface area contributed by atoms with Crippen molar-refractivity contribution in [1.82, 2.24) is 5.32 Å². The quantitative estimate of drug-likeness (QED) is 0.520. The molecule has 4 nitrogen and oxygen atoms in total. The van der Waals surface area contributed by atoms with Crippen molar-refractivity contribution in [3.8, 4) is 0 Å². The summed E-state index contributed by atoms with van der Waals surface area (Å²) in [5, 5.41) is 4.89. The van der Waals surface area contributed by atoms with Crippen molar-refractivity contribution in [2.75, 3.05) is 4.90 Å². The van der Waals surface area contributed by atoms with Gasteiger partial charge >= 0.3 is 0 Å². The predicted molar refractivity (Wildman–Crippen MR) is 121 cm³/mol. The molecule has 166 valence electrons. The Balaban J connectivity index is 1.77. The van der Waals surface area contributed by atoms with Crippen LogP contribution in [0, 0.1) is 11.6 Å². The molecule has 32 heavy (non-hydrogen) atoms. The molecule has 1 saturated carbocycles. The molecular formula is C25H24F2N2O2S. The van der Waals surface area contributed by atoms with E-state index >= 15 is 0 Å². The molecule has 0 bridgehead atoms. The molecule has 1 atom stereocenters. The SMILES string of the molecule is O=C(NC1CCCC1)C(c1ccc(F)cc1)N(C(=O)Cc1cccs1)c1ccccc1F. The number of halogens is 2. The largest absolute Gasteiger partial charge is 0.351 e. The maximum atomic E-state index is 14.9. The molecule has 1 unspecified atom stereocenters. The molecule has 3 aromatic rings. The summed E-state index contributed by atoms with van der Waals surface area (Å²) in [6, 6.07) is 13.9. The van der Waals surface area contributed by atoms with Crippen LogP contribution < -0.4 is 10.2 Å². The first-order valence-corrected chi connectivity index (χ1v) is 11.6. The Labute approximate surface area is 189 Å². The molecule has 0 aliphatic heterocycles. The number of thiophene rings is 1. The summed E-state index contributed by atoms with van der Waals surface area (Å²) in [5.41, 5.74) is 0.439. The predicted octanol–water partition coefficient (Wildman–Crippen LogP) is 5.40. The van der Waals surface area contributed by atoms with Crippen molar-refractivity contribution in [3.63, 3.8) is 0 Å². The summed E-state index contributed by atoms with van der Waals surface area (Å²) >= 11 is 1.42. The highest BCUT2D eigenvalue weighted by Gasteiger charge is 2.35. The molecule has 1 N–H and O–H groups in total. The maximum Gasteiger partial charge on any atom is 0.248 e. The van der Waals surface area contributed by atoms with Crippen LogP contribution in [0.5, 0.6) is 0 Å². The van der Waals surface area contributed by atoms with Gasteiger partial charge < -0.3 is 5.32 Å². The van der Waals surface area contributed by atoms with Gasteiger partial charge in [-0.25, -0.2) is 8.78 Å². The minimum Gasteiger partial charge on any atom is -0.351 e. The zero-order chi connectivity index (χ0) is 22.5. The number of benzene rings is 2. The second-order valence-electron chi connectivity index (χ2n) is 7.92. The number of nitrogens with zero attached hydrogens (tertiary/aromatic N) is 1. The fraction of sp³-hybridized carbons (Fsp3) is 0.280. The van der Waals surface area contributed by atoms with Crippen LogP contribution in [0.1, 0.15) is 42.2 Å². The van der Waals surface area contributed by atoms with Crippen LogP contribution in [0.15, 0.2) is 66.0 Å². The van der Waals surface area contributed by atoms with Crippen LogP contribution >= 0.6 is 11.3 Å². The molecule has 0 saturated heterocycles. The molecule has 2 amide bonds. The van der Waals surface area contributed by atoms with E-state index in [9.17, 15) is 18.4 Å². The summed E-state index contributed by atoms with van der Waals surface area (Å²) in [4.78, 5) is 29.0. The van der Waals surface area contributed by atoms with Gasteiger partial charge in [0, 0.05) is 10.9 Å². The smallest absolute Gasteiger partial charge is 0.248 e. The summed E-state index contributed by atoms with van der Waals surface area (Å²) < 4.78 is 28.5. The second kappa shape index (κ2) is 10.0. The highest BCUT2D eigenvalue weighted by atomic mass is 32.1. The average molecular weight is 455 g/mol. The Morgan fingerprint density at radius 1 is 1.00 bits per heavy atom.